The number of hydrogen-bond acceptors (Lipinski definition) is 7. The number of anilines is 1. The van der Waals surface area contributed by atoms with Gasteiger partial charge in [0.25, 0.3) is 0 Å². The van der Waals surface area contributed by atoms with Crippen LogP contribution in [0.4, 0.5) is 11.5 Å². The van der Waals surface area contributed by atoms with Gasteiger partial charge in [-0.15, -0.1) is 0 Å². The fraction of sp³-hybridized carbons (Fsp3) is 0.385. The van der Waals surface area contributed by atoms with Crippen molar-refractivity contribution >= 4 is 23.6 Å². The second kappa shape index (κ2) is 6.80. The number of ether oxygens (including phenoxy) is 2. The van der Waals surface area contributed by atoms with E-state index in [1.165, 1.54) is 31.4 Å². The second-order valence-electron chi connectivity index (χ2n) is 4.38. The first-order valence-corrected chi connectivity index (χ1v) is 6.37. The van der Waals surface area contributed by atoms with Crippen LogP contribution in [0.5, 0.6) is 0 Å². The van der Waals surface area contributed by atoms with Crippen molar-refractivity contribution in [3.63, 3.8) is 0 Å². The Morgan fingerprint density at radius 2 is 2.43 bits per heavy atom. The number of hydrogen-bond donors (Lipinski definition) is 1. The number of esters is 1. The minimum Gasteiger partial charge on any atom is -0.466 e. The van der Waals surface area contributed by atoms with Gasteiger partial charge in [-0.05, 0) is 18.6 Å². The lowest BCUT2D eigenvalue weighted by atomic mass is 10.2. The monoisotopic (exact) mass is 293 g/mol. The molecule has 0 radical (unpaired) electrons. The molecular weight excluding hydrogens is 278 g/mol. The molecule has 21 heavy (non-hydrogen) atoms. The second-order valence-corrected chi connectivity index (χ2v) is 4.38. The molecule has 2 rings (SSSR count). The Morgan fingerprint density at radius 3 is 3.00 bits per heavy atom. The number of nitrogens with zero attached hydrogens (tertiary/aromatic N) is 2. The van der Waals surface area contributed by atoms with Gasteiger partial charge in [-0.1, -0.05) is 0 Å². The number of rotatable bonds is 6. The summed E-state index contributed by atoms with van der Waals surface area (Å²) < 4.78 is 9.71. The first kappa shape index (κ1) is 14.9. The molecule has 0 spiro atoms. The van der Waals surface area contributed by atoms with Crippen LogP contribution in [0.25, 0.3) is 6.08 Å². The highest BCUT2D eigenvalue weighted by molar-refractivity contribution is 5.86. The van der Waals surface area contributed by atoms with Gasteiger partial charge < -0.3 is 14.8 Å². The van der Waals surface area contributed by atoms with E-state index < -0.39 is 10.9 Å². The van der Waals surface area contributed by atoms with Gasteiger partial charge in [0.05, 0.1) is 23.8 Å². The van der Waals surface area contributed by atoms with E-state index in [-0.39, 0.29) is 17.6 Å². The minimum atomic E-state index is -0.521. The van der Waals surface area contributed by atoms with Crippen molar-refractivity contribution in [2.75, 3.05) is 25.6 Å². The van der Waals surface area contributed by atoms with E-state index in [0.717, 1.165) is 6.42 Å². The highest BCUT2D eigenvalue weighted by Gasteiger charge is 2.21. The summed E-state index contributed by atoms with van der Waals surface area (Å²) in [6, 6.07) is 2.80. The van der Waals surface area contributed by atoms with Gasteiger partial charge in [-0.25, -0.2) is 9.78 Å². The number of pyridine rings is 1. The predicted molar refractivity (Wildman–Crippen MR) is 74.8 cm³/mol. The number of nitro groups is 1. The molecular formula is C13H15N3O5. The van der Waals surface area contributed by atoms with E-state index in [0.29, 0.717) is 18.8 Å². The third-order valence-electron chi connectivity index (χ3n) is 2.97. The molecule has 1 saturated heterocycles. The van der Waals surface area contributed by atoms with E-state index in [9.17, 15) is 14.9 Å². The first-order chi connectivity index (χ1) is 10.1. The zero-order valence-corrected chi connectivity index (χ0v) is 11.4. The summed E-state index contributed by atoms with van der Waals surface area (Å²) in [4.78, 5) is 25.6. The molecule has 0 aromatic carbocycles. The van der Waals surface area contributed by atoms with E-state index >= 15 is 0 Å². The van der Waals surface area contributed by atoms with Crippen molar-refractivity contribution in [1.29, 1.82) is 0 Å². The van der Waals surface area contributed by atoms with Crippen molar-refractivity contribution < 1.29 is 19.2 Å². The van der Waals surface area contributed by atoms with Gasteiger partial charge in [0, 0.05) is 25.3 Å². The topological polar surface area (TPSA) is 104 Å². The Balaban J connectivity index is 2.14. The summed E-state index contributed by atoms with van der Waals surface area (Å²) in [5.74, 6) is -0.366. The van der Waals surface area contributed by atoms with Gasteiger partial charge in [0.15, 0.2) is 0 Å². The Bertz CT molecular complexity index is 569. The highest BCUT2D eigenvalue weighted by Crippen LogP contribution is 2.23. The number of carbonyl (C=O) groups is 1. The molecule has 0 bridgehead atoms. The normalized spacial score (nSPS) is 17.3. The molecule has 112 valence electrons. The van der Waals surface area contributed by atoms with Crippen LogP contribution in [-0.4, -0.2) is 42.2 Å². The molecule has 8 heteroatoms. The largest absolute Gasteiger partial charge is 0.466 e. The van der Waals surface area contributed by atoms with Crippen LogP contribution in [0, 0.1) is 10.1 Å². The standard InChI is InChI=1S/C13H15N3O5/c1-20-12(17)5-3-9-2-4-11(16(18)19)13(15-9)14-8-10-6-7-21-10/h2-5,10H,6-8H2,1H3,(H,14,15)/b5-3+/t10-/m0/s1. The van der Waals surface area contributed by atoms with Crippen molar-refractivity contribution in [2.24, 2.45) is 0 Å². The van der Waals surface area contributed by atoms with Gasteiger partial charge in [-0.2, -0.15) is 0 Å². The predicted octanol–water partition coefficient (Wildman–Crippen LogP) is 1.38. The quantitative estimate of drug-likeness (QED) is 0.365. The molecule has 1 fully saturated rings. The molecule has 1 aromatic rings. The third-order valence-corrected chi connectivity index (χ3v) is 2.97. The maximum absolute atomic E-state index is 11.0. The number of carbonyl (C=O) groups excluding carboxylic acids is 1. The Kier molecular flexibility index (Phi) is 4.83. The van der Waals surface area contributed by atoms with Gasteiger partial charge in [0.2, 0.25) is 5.82 Å². The first-order valence-electron chi connectivity index (χ1n) is 6.37. The molecule has 2 heterocycles. The highest BCUT2D eigenvalue weighted by atomic mass is 16.6. The van der Waals surface area contributed by atoms with E-state index in [1.807, 2.05) is 0 Å². The van der Waals surface area contributed by atoms with Crippen LogP contribution in [0.1, 0.15) is 12.1 Å². The lowest BCUT2D eigenvalue weighted by molar-refractivity contribution is -0.384. The van der Waals surface area contributed by atoms with Gasteiger partial charge >= 0.3 is 11.7 Å². The Hall–Kier alpha value is -2.48. The lowest BCUT2D eigenvalue weighted by Gasteiger charge is -2.26. The fourth-order valence-corrected chi connectivity index (χ4v) is 1.71. The zero-order valence-electron chi connectivity index (χ0n) is 11.4. The Labute approximate surface area is 120 Å². The van der Waals surface area contributed by atoms with Crippen LogP contribution in [-0.2, 0) is 14.3 Å². The molecule has 1 aromatic heterocycles. The molecule has 0 amide bonds. The van der Waals surface area contributed by atoms with Crippen LogP contribution in [0.2, 0.25) is 0 Å². The Morgan fingerprint density at radius 1 is 1.67 bits per heavy atom. The van der Waals surface area contributed by atoms with Crippen LogP contribution in [0.3, 0.4) is 0 Å². The number of nitrogens with one attached hydrogen (secondary N) is 1. The molecule has 1 aliphatic heterocycles. The van der Waals surface area contributed by atoms with E-state index in [1.54, 1.807) is 0 Å². The minimum absolute atomic E-state index is 0.0562. The summed E-state index contributed by atoms with van der Waals surface area (Å²) in [5, 5.41) is 13.9. The fourth-order valence-electron chi connectivity index (χ4n) is 1.71. The third kappa shape index (κ3) is 3.99. The summed E-state index contributed by atoms with van der Waals surface area (Å²) in [6.45, 7) is 1.17. The average molecular weight is 293 g/mol. The molecule has 0 unspecified atom stereocenters. The lowest BCUT2D eigenvalue weighted by Crippen LogP contribution is -2.33. The van der Waals surface area contributed by atoms with Crippen LogP contribution in [0.15, 0.2) is 18.2 Å². The van der Waals surface area contributed by atoms with E-state index in [4.69, 9.17) is 4.74 Å². The molecule has 1 atom stereocenters. The van der Waals surface area contributed by atoms with Crippen LogP contribution < -0.4 is 5.32 Å². The van der Waals surface area contributed by atoms with Crippen molar-refractivity contribution in [2.45, 2.75) is 12.5 Å². The average Bonchev–Trinajstić information content (AvgIpc) is 2.42. The van der Waals surface area contributed by atoms with Crippen molar-refractivity contribution in [3.05, 3.63) is 34.0 Å². The zero-order chi connectivity index (χ0) is 15.2. The summed E-state index contributed by atoms with van der Waals surface area (Å²) in [5.41, 5.74) is 0.299. The number of aromatic nitrogens is 1. The van der Waals surface area contributed by atoms with Crippen LogP contribution >= 0.6 is 0 Å². The maximum atomic E-state index is 11.0. The SMILES string of the molecule is COC(=O)/C=C/c1ccc([N+](=O)[O-])c(NC[C@@H]2CCO2)n1. The number of methoxy groups -OCH3 is 1. The summed E-state index contributed by atoms with van der Waals surface area (Å²) >= 11 is 0. The van der Waals surface area contributed by atoms with Crippen molar-refractivity contribution in [3.8, 4) is 0 Å². The molecule has 1 N–H and O–H groups in total. The van der Waals surface area contributed by atoms with Crippen molar-refractivity contribution in [1.82, 2.24) is 4.98 Å². The van der Waals surface area contributed by atoms with E-state index in [2.05, 4.69) is 15.0 Å². The maximum Gasteiger partial charge on any atom is 0.330 e. The molecule has 8 nitrogen and oxygen atoms in total. The summed E-state index contributed by atoms with van der Waals surface area (Å²) in [7, 11) is 1.27. The smallest absolute Gasteiger partial charge is 0.330 e. The molecule has 0 aliphatic carbocycles. The molecule has 1 aliphatic rings. The summed E-state index contributed by atoms with van der Waals surface area (Å²) in [6.07, 6.45) is 3.61. The van der Waals surface area contributed by atoms with Gasteiger partial charge in [0.1, 0.15) is 0 Å². The molecule has 0 saturated carbocycles. The van der Waals surface area contributed by atoms with Gasteiger partial charge in [-0.3, -0.25) is 10.1 Å².